The van der Waals surface area contributed by atoms with Gasteiger partial charge in [0.2, 0.25) is 0 Å². The molecule has 0 bridgehead atoms. The van der Waals surface area contributed by atoms with Crippen molar-refractivity contribution in [2.24, 2.45) is 5.73 Å². The van der Waals surface area contributed by atoms with Gasteiger partial charge in [0.05, 0.1) is 0 Å². The van der Waals surface area contributed by atoms with Gasteiger partial charge >= 0.3 is 0 Å². The smallest absolute Gasteiger partial charge is 0.00490 e. The average Bonchev–Trinajstić information content (AvgIpc) is 2.60. The Labute approximate surface area is 153 Å². The molecule has 0 spiro atoms. The summed E-state index contributed by atoms with van der Waals surface area (Å²) in [6.07, 6.45) is 25.7. The second-order valence-corrected chi connectivity index (χ2v) is 7.51. The van der Waals surface area contributed by atoms with Crippen LogP contribution in [0.25, 0.3) is 0 Å². The maximum Gasteiger partial charge on any atom is -0.00490 e. The number of nitrogens with one attached hydrogen (secondary N) is 1. The predicted octanol–water partition coefficient (Wildman–Crippen LogP) is 6.58. The zero-order valence-corrected chi connectivity index (χ0v) is 16.9. The summed E-state index contributed by atoms with van der Waals surface area (Å²) >= 11 is 0. The number of hydrogen-bond acceptors (Lipinski definition) is 2. The molecule has 0 aromatic carbocycles. The van der Waals surface area contributed by atoms with Crippen LogP contribution in [0.15, 0.2) is 0 Å². The van der Waals surface area contributed by atoms with E-state index in [0.717, 1.165) is 13.1 Å². The lowest BCUT2D eigenvalue weighted by Gasteiger charge is -2.04. The lowest BCUT2D eigenvalue weighted by Crippen LogP contribution is -2.13. The van der Waals surface area contributed by atoms with Crippen molar-refractivity contribution < 1.29 is 0 Å². The highest BCUT2D eigenvalue weighted by molar-refractivity contribution is 4.51. The molecule has 0 radical (unpaired) electrons. The molecule has 0 rings (SSSR count). The molecular weight excluding hydrogens is 292 g/mol. The quantitative estimate of drug-likeness (QED) is 0.232. The topological polar surface area (TPSA) is 38.0 Å². The van der Waals surface area contributed by atoms with E-state index in [1.54, 1.807) is 0 Å². The fraction of sp³-hybridized carbons (Fsp3) is 1.00. The van der Waals surface area contributed by atoms with E-state index in [1.807, 2.05) is 0 Å². The van der Waals surface area contributed by atoms with Crippen LogP contribution in [0.2, 0.25) is 0 Å². The maximum absolute atomic E-state index is 5.51. The van der Waals surface area contributed by atoms with Crippen LogP contribution in [0.3, 0.4) is 0 Å². The summed E-state index contributed by atoms with van der Waals surface area (Å²) in [5, 5.41) is 3.40. The molecule has 146 valence electrons. The molecule has 3 N–H and O–H groups in total. The van der Waals surface area contributed by atoms with Crippen molar-refractivity contribution in [1.29, 1.82) is 0 Å². The summed E-state index contributed by atoms with van der Waals surface area (Å²) in [4.78, 5) is 0. The van der Waals surface area contributed by atoms with Crippen molar-refractivity contribution in [2.75, 3.05) is 19.6 Å². The van der Waals surface area contributed by atoms with E-state index in [1.165, 1.54) is 122 Å². The SMILES string of the molecule is CCNCCCCCCCCCCCCCCCCCCCCN. The van der Waals surface area contributed by atoms with E-state index < -0.39 is 0 Å². The zero-order valence-electron chi connectivity index (χ0n) is 16.9. The van der Waals surface area contributed by atoms with Gasteiger partial charge in [-0.2, -0.15) is 0 Å². The van der Waals surface area contributed by atoms with Gasteiger partial charge in [-0.15, -0.1) is 0 Å². The summed E-state index contributed by atoms with van der Waals surface area (Å²) < 4.78 is 0. The van der Waals surface area contributed by atoms with E-state index in [4.69, 9.17) is 5.73 Å². The molecule has 0 saturated carbocycles. The van der Waals surface area contributed by atoms with Crippen molar-refractivity contribution in [1.82, 2.24) is 5.32 Å². The van der Waals surface area contributed by atoms with Gasteiger partial charge in [-0.3, -0.25) is 0 Å². The largest absolute Gasteiger partial charge is 0.330 e. The Hall–Kier alpha value is -0.0800. The first kappa shape index (κ1) is 23.9. The van der Waals surface area contributed by atoms with Gasteiger partial charge in [0.1, 0.15) is 0 Å². The van der Waals surface area contributed by atoms with E-state index in [2.05, 4.69) is 12.2 Å². The number of nitrogens with two attached hydrogens (primary N) is 1. The van der Waals surface area contributed by atoms with Crippen LogP contribution in [-0.4, -0.2) is 19.6 Å². The lowest BCUT2D eigenvalue weighted by molar-refractivity contribution is 0.522. The Bertz CT molecular complexity index is 184. The highest BCUT2D eigenvalue weighted by atomic mass is 14.8. The number of rotatable bonds is 21. The molecule has 0 aliphatic heterocycles. The minimum Gasteiger partial charge on any atom is -0.330 e. The zero-order chi connectivity index (χ0) is 17.6. The monoisotopic (exact) mass is 340 g/mol. The highest BCUT2D eigenvalue weighted by Crippen LogP contribution is 2.14. The first-order valence-electron chi connectivity index (χ1n) is 11.3. The average molecular weight is 341 g/mol. The second-order valence-electron chi connectivity index (χ2n) is 7.51. The summed E-state index contributed by atoms with van der Waals surface area (Å²) in [7, 11) is 0. The van der Waals surface area contributed by atoms with Gasteiger partial charge in [-0.05, 0) is 32.5 Å². The van der Waals surface area contributed by atoms with E-state index >= 15 is 0 Å². The normalized spacial score (nSPS) is 11.2. The van der Waals surface area contributed by atoms with Gasteiger partial charge in [0, 0.05) is 0 Å². The van der Waals surface area contributed by atoms with Crippen molar-refractivity contribution in [2.45, 2.75) is 122 Å². The third-order valence-electron chi connectivity index (χ3n) is 5.06. The Morgan fingerprint density at radius 1 is 0.458 bits per heavy atom. The van der Waals surface area contributed by atoms with Crippen LogP contribution < -0.4 is 11.1 Å². The van der Waals surface area contributed by atoms with Gasteiger partial charge < -0.3 is 11.1 Å². The molecule has 2 nitrogen and oxygen atoms in total. The van der Waals surface area contributed by atoms with E-state index in [-0.39, 0.29) is 0 Å². The standard InChI is InChI=1S/C22H48N2/c1-2-24-22-20-18-16-14-12-10-8-6-4-3-5-7-9-11-13-15-17-19-21-23/h24H,2-23H2,1H3. The van der Waals surface area contributed by atoms with Crippen molar-refractivity contribution in [3.05, 3.63) is 0 Å². The van der Waals surface area contributed by atoms with Crippen LogP contribution in [0.1, 0.15) is 122 Å². The third-order valence-corrected chi connectivity index (χ3v) is 5.06. The Balaban J connectivity index is 2.93. The van der Waals surface area contributed by atoms with E-state index in [9.17, 15) is 0 Å². The predicted molar refractivity (Wildman–Crippen MR) is 111 cm³/mol. The molecule has 0 aromatic heterocycles. The van der Waals surface area contributed by atoms with Gasteiger partial charge in [-0.25, -0.2) is 0 Å². The summed E-state index contributed by atoms with van der Waals surface area (Å²) in [5.41, 5.74) is 5.51. The fourth-order valence-electron chi connectivity index (χ4n) is 3.40. The lowest BCUT2D eigenvalue weighted by atomic mass is 10.0. The molecule has 0 heterocycles. The summed E-state index contributed by atoms with van der Waals surface area (Å²) in [6.45, 7) is 5.39. The second kappa shape index (κ2) is 22.9. The fourth-order valence-corrected chi connectivity index (χ4v) is 3.40. The van der Waals surface area contributed by atoms with E-state index in [0.29, 0.717) is 0 Å². The molecule has 0 fully saturated rings. The first-order valence-corrected chi connectivity index (χ1v) is 11.3. The van der Waals surface area contributed by atoms with Crippen molar-refractivity contribution >= 4 is 0 Å². The van der Waals surface area contributed by atoms with Gasteiger partial charge in [-0.1, -0.05) is 110 Å². The maximum atomic E-state index is 5.51. The Kier molecular flexibility index (Phi) is 22.8. The number of hydrogen-bond donors (Lipinski definition) is 2. The Morgan fingerprint density at radius 3 is 1.04 bits per heavy atom. The summed E-state index contributed by atoms with van der Waals surface area (Å²) in [5.74, 6) is 0. The molecular formula is C22H48N2. The first-order chi connectivity index (χ1) is 11.9. The highest BCUT2D eigenvalue weighted by Gasteiger charge is 1.95. The van der Waals surface area contributed by atoms with Crippen LogP contribution >= 0.6 is 0 Å². The molecule has 0 atom stereocenters. The van der Waals surface area contributed by atoms with Crippen molar-refractivity contribution in [3.63, 3.8) is 0 Å². The van der Waals surface area contributed by atoms with Gasteiger partial charge in [0.25, 0.3) is 0 Å². The van der Waals surface area contributed by atoms with Crippen LogP contribution in [-0.2, 0) is 0 Å². The Morgan fingerprint density at radius 2 is 0.750 bits per heavy atom. The van der Waals surface area contributed by atoms with Gasteiger partial charge in [0.15, 0.2) is 0 Å². The molecule has 0 aliphatic rings. The molecule has 0 aromatic rings. The minimum atomic E-state index is 0.872. The molecule has 0 amide bonds. The molecule has 0 aliphatic carbocycles. The third kappa shape index (κ3) is 21.9. The van der Waals surface area contributed by atoms with Crippen LogP contribution in [0, 0.1) is 0 Å². The van der Waals surface area contributed by atoms with Crippen molar-refractivity contribution in [3.8, 4) is 0 Å². The molecule has 24 heavy (non-hydrogen) atoms. The summed E-state index contributed by atoms with van der Waals surface area (Å²) in [6, 6.07) is 0. The molecule has 0 unspecified atom stereocenters. The molecule has 2 heteroatoms. The minimum absolute atomic E-state index is 0.872. The molecule has 0 saturated heterocycles. The van der Waals surface area contributed by atoms with Crippen LogP contribution in [0.5, 0.6) is 0 Å². The van der Waals surface area contributed by atoms with Crippen LogP contribution in [0.4, 0.5) is 0 Å². The number of unbranched alkanes of at least 4 members (excludes halogenated alkanes) is 17.